The first-order chi connectivity index (χ1) is 13.8. The van der Waals surface area contributed by atoms with Gasteiger partial charge in [-0.2, -0.15) is 10.2 Å². The number of fused-ring (bicyclic) bond motifs is 1. The number of nitrogens with zero attached hydrogens (tertiary/aromatic N) is 4. The number of nitrogens with one attached hydrogen (secondary N) is 2. The lowest BCUT2D eigenvalue weighted by Crippen LogP contribution is -2.30. The molecule has 152 valence electrons. The summed E-state index contributed by atoms with van der Waals surface area (Å²) in [5, 5.41) is 14.0. The quantitative estimate of drug-likeness (QED) is 0.714. The fourth-order valence-electron chi connectivity index (χ4n) is 3.89. The second-order valence-corrected chi connectivity index (χ2v) is 8.50. The number of benzene rings is 1. The molecular weight excluding hydrogens is 368 g/mol. The van der Waals surface area contributed by atoms with E-state index in [1.54, 1.807) is 0 Å². The van der Waals surface area contributed by atoms with Crippen LogP contribution in [0.1, 0.15) is 60.9 Å². The molecule has 8 nitrogen and oxygen atoms in total. The van der Waals surface area contributed by atoms with E-state index < -0.39 is 0 Å². The first-order valence-corrected chi connectivity index (χ1v) is 9.92. The van der Waals surface area contributed by atoms with E-state index in [2.05, 4.69) is 36.3 Å². The number of anilines is 1. The van der Waals surface area contributed by atoms with Crippen molar-refractivity contribution in [3.63, 3.8) is 0 Å². The van der Waals surface area contributed by atoms with Crippen LogP contribution in [0.3, 0.4) is 0 Å². The van der Waals surface area contributed by atoms with Gasteiger partial charge in [-0.3, -0.25) is 9.48 Å². The molecule has 3 aromatic rings. The summed E-state index contributed by atoms with van der Waals surface area (Å²) in [4.78, 5) is 25.3. The Labute approximate surface area is 168 Å². The Hall–Kier alpha value is -3.16. The summed E-state index contributed by atoms with van der Waals surface area (Å²) < 4.78 is 3.28. The third-order valence-corrected chi connectivity index (χ3v) is 5.37. The molecule has 0 unspecified atom stereocenters. The van der Waals surface area contributed by atoms with Crippen molar-refractivity contribution in [2.24, 2.45) is 0 Å². The van der Waals surface area contributed by atoms with Gasteiger partial charge in [0, 0.05) is 11.3 Å². The third kappa shape index (κ3) is 3.39. The number of hydrogen-bond acceptors (Lipinski definition) is 4. The van der Waals surface area contributed by atoms with Crippen molar-refractivity contribution in [2.75, 3.05) is 5.32 Å². The molecule has 1 aromatic carbocycles. The number of aromatic amines is 1. The Kier molecular flexibility index (Phi) is 4.64. The number of carbonyl (C=O) groups is 1. The van der Waals surface area contributed by atoms with E-state index in [4.69, 9.17) is 5.10 Å². The Morgan fingerprint density at radius 3 is 2.66 bits per heavy atom. The maximum atomic E-state index is 13.4. The number of rotatable bonds is 3. The molecule has 29 heavy (non-hydrogen) atoms. The van der Waals surface area contributed by atoms with Crippen molar-refractivity contribution in [2.45, 2.75) is 58.9 Å². The highest BCUT2D eigenvalue weighted by Gasteiger charge is 2.30. The normalized spacial score (nSPS) is 13.9. The summed E-state index contributed by atoms with van der Waals surface area (Å²) >= 11 is 0. The number of hydrogen-bond donors (Lipinski definition) is 2. The number of amides is 1. The Morgan fingerprint density at radius 2 is 1.97 bits per heavy atom. The van der Waals surface area contributed by atoms with Crippen molar-refractivity contribution in [1.82, 2.24) is 24.5 Å². The molecule has 2 N–H and O–H groups in total. The summed E-state index contributed by atoms with van der Waals surface area (Å²) in [5.41, 5.74) is 4.23. The smallest absolute Gasteiger partial charge is 0.320 e. The maximum Gasteiger partial charge on any atom is 0.347 e. The fourth-order valence-corrected chi connectivity index (χ4v) is 3.89. The van der Waals surface area contributed by atoms with Gasteiger partial charge in [0.15, 0.2) is 0 Å². The highest BCUT2D eigenvalue weighted by atomic mass is 16.2. The number of aromatic nitrogens is 5. The standard InChI is InChI=1S/C21H26N6O2/c1-13-15(10-7-11-17(13)26-12-22-24-20(26)29)23-19(28)18-14-8-5-6-9-16(14)25-27(18)21(2,3)4/h7,10-12H,5-6,8-9H2,1-4H3,(H,23,28)(H,24,29). The van der Waals surface area contributed by atoms with Gasteiger partial charge in [-0.05, 0) is 71.1 Å². The van der Waals surface area contributed by atoms with Gasteiger partial charge in [0.2, 0.25) is 0 Å². The first-order valence-electron chi connectivity index (χ1n) is 9.92. The minimum atomic E-state index is -0.323. The summed E-state index contributed by atoms with van der Waals surface area (Å²) in [6.07, 6.45) is 5.40. The van der Waals surface area contributed by atoms with E-state index >= 15 is 0 Å². The molecule has 0 spiro atoms. The third-order valence-electron chi connectivity index (χ3n) is 5.37. The molecule has 1 aliphatic rings. The van der Waals surface area contributed by atoms with E-state index in [-0.39, 0.29) is 17.1 Å². The highest BCUT2D eigenvalue weighted by molar-refractivity contribution is 6.05. The molecule has 8 heteroatoms. The fraction of sp³-hybridized carbons (Fsp3) is 0.429. The van der Waals surface area contributed by atoms with Crippen molar-refractivity contribution >= 4 is 11.6 Å². The number of carbonyl (C=O) groups excluding carboxylic acids is 1. The number of H-pyrrole nitrogens is 1. The van der Waals surface area contributed by atoms with Crippen LogP contribution in [0.5, 0.6) is 0 Å². The van der Waals surface area contributed by atoms with Crippen LogP contribution in [0.15, 0.2) is 29.3 Å². The average Bonchev–Trinajstić information content (AvgIpc) is 3.27. The minimum absolute atomic E-state index is 0.171. The molecule has 0 radical (unpaired) electrons. The van der Waals surface area contributed by atoms with Crippen LogP contribution >= 0.6 is 0 Å². The van der Waals surface area contributed by atoms with E-state index in [1.807, 2.05) is 29.8 Å². The predicted octanol–water partition coefficient (Wildman–Crippen LogP) is 2.95. The van der Waals surface area contributed by atoms with E-state index in [9.17, 15) is 9.59 Å². The molecule has 2 heterocycles. The zero-order valence-electron chi connectivity index (χ0n) is 17.2. The number of aryl methyl sites for hydroxylation is 1. The van der Waals surface area contributed by atoms with Crippen molar-refractivity contribution in [3.05, 3.63) is 57.5 Å². The van der Waals surface area contributed by atoms with Gasteiger partial charge in [0.05, 0.1) is 16.9 Å². The van der Waals surface area contributed by atoms with Crippen molar-refractivity contribution in [3.8, 4) is 5.69 Å². The minimum Gasteiger partial charge on any atom is -0.320 e. The molecule has 4 rings (SSSR count). The Balaban J connectivity index is 1.74. The van der Waals surface area contributed by atoms with Crippen molar-refractivity contribution < 1.29 is 4.79 Å². The largest absolute Gasteiger partial charge is 0.347 e. The molecule has 1 aliphatic carbocycles. The SMILES string of the molecule is Cc1c(NC(=O)c2c3c(nn2C(C)(C)C)CCCC3)cccc1-n1cn[nH]c1=O. The van der Waals surface area contributed by atoms with Gasteiger partial charge in [-0.15, -0.1) is 0 Å². The summed E-state index contributed by atoms with van der Waals surface area (Å²) in [6, 6.07) is 5.48. The second kappa shape index (κ2) is 7.02. The summed E-state index contributed by atoms with van der Waals surface area (Å²) in [5.74, 6) is -0.171. The van der Waals surface area contributed by atoms with E-state index in [1.165, 1.54) is 10.9 Å². The molecule has 2 aromatic heterocycles. The van der Waals surface area contributed by atoms with Gasteiger partial charge in [0.25, 0.3) is 5.91 Å². The van der Waals surface area contributed by atoms with E-state index in [0.717, 1.165) is 42.5 Å². The van der Waals surface area contributed by atoms with Crippen LogP contribution in [0, 0.1) is 6.92 Å². The van der Waals surface area contributed by atoms with Gasteiger partial charge >= 0.3 is 5.69 Å². The maximum absolute atomic E-state index is 13.4. The molecule has 0 bridgehead atoms. The lowest BCUT2D eigenvalue weighted by molar-refractivity contribution is 0.100. The first kappa shape index (κ1) is 19.2. The molecule has 0 fully saturated rings. The molecule has 0 aliphatic heterocycles. The Morgan fingerprint density at radius 1 is 1.21 bits per heavy atom. The van der Waals surface area contributed by atoms with Crippen LogP contribution in [0.2, 0.25) is 0 Å². The second-order valence-electron chi connectivity index (χ2n) is 8.50. The topological polar surface area (TPSA) is 97.6 Å². The van der Waals surface area contributed by atoms with Crippen LogP contribution in [0.4, 0.5) is 5.69 Å². The van der Waals surface area contributed by atoms with Gasteiger partial charge < -0.3 is 5.32 Å². The van der Waals surface area contributed by atoms with Crippen LogP contribution < -0.4 is 11.0 Å². The Bertz CT molecular complexity index is 1130. The molecular formula is C21H26N6O2. The van der Waals surface area contributed by atoms with Crippen molar-refractivity contribution in [1.29, 1.82) is 0 Å². The zero-order chi connectivity index (χ0) is 20.8. The van der Waals surface area contributed by atoms with E-state index in [0.29, 0.717) is 17.1 Å². The monoisotopic (exact) mass is 394 g/mol. The summed E-state index contributed by atoms with van der Waals surface area (Å²) in [6.45, 7) is 8.04. The highest BCUT2D eigenvalue weighted by Crippen LogP contribution is 2.29. The molecule has 0 saturated heterocycles. The average molecular weight is 394 g/mol. The molecule has 0 saturated carbocycles. The lowest BCUT2D eigenvalue weighted by atomic mass is 9.95. The van der Waals surface area contributed by atoms with Gasteiger partial charge in [-0.25, -0.2) is 14.5 Å². The summed E-state index contributed by atoms with van der Waals surface area (Å²) in [7, 11) is 0. The lowest BCUT2D eigenvalue weighted by Gasteiger charge is -2.23. The predicted molar refractivity (Wildman–Crippen MR) is 111 cm³/mol. The zero-order valence-corrected chi connectivity index (χ0v) is 17.2. The molecule has 0 atom stereocenters. The van der Waals surface area contributed by atoms with Crippen LogP contribution in [-0.4, -0.2) is 30.5 Å². The van der Waals surface area contributed by atoms with Gasteiger partial charge in [0.1, 0.15) is 12.0 Å². The van der Waals surface area contributed by atoms with Crippen LogP contribution in [0.25, 0.3) is 5.69 Å². The molecule has 1 amide bonds. The van der Waals surface area contributed by atoms with Gasteiger partial charge in [-0.1, -0.05) is 6.07 Å². The van der Waals surface area contributed by atoms with Crippen LogP contribution in [-0.2, 0) is 18.4 Å².